The van der Waals surface area contributed by atoms with Crippen LogP contribution >= 0.6 is 0 Å². The molecule has 1 aromatic rings. The van der Waals surface area contributed by atoms with Crippen LogP contribution in [0.1, 0.15) is 38.7 Å². The summed E-state index contributed by atoms with van der Waals surface area (Å²) in [6.45, 7) is 7.71. The zero-order valence-corrected chi connectivity index (χ0v) is 15.7. The minimum Gasteiger partial charge on any atom is -0.378 e. The van der Waals surface area contributed by atoms with E-state index in [0.29, 0.717) is 12.3 Å². The van der Waals surface area contributed by atoms with Crippen LogP contribution in [-0.2, 0) is 11.2 Å². The molecule has 24 heavy (non-hydrogen) atoms. The van der Waals surface area contributed by atoms with E-state index >= 15 is 0 Å². The summed E-state index contributed by atoms with van der Waals surface area (Å²) in [7, 11) is 4.09. The zero-order valence-electron chi connectivity index (χ0n) is 15.7. The molecule has 0 saturated carbocycles. The average Bonchev–Trinajstić information content (AvgIpc) is 2.55. The van der Waals surface area contributed by atoms with Crippen molar-refractivity contribution in [3.8, 4) is 0 Å². The summed E-state index contributed by atoms with van der Waals surface area (Å²) in [6.07, 6.45) is 3.87. The number of hydrogen-bond acceptors (Lipinski definition) is 3. The second-order valence-electron chi connectivity index (χ2n) is 7.32. The maximum absolute atomic E-state index is 12.3. The van der Waals surface area contributed by atoms with Crippen molar-refractivity contribution in [2.45, 2.75) is 45.6 Å². The SMILES string of the molecule is CCN1CCC(CC(=O)NC(C)Cc2ccc(N(C)C)cc2)CC1. The Morgan fingerprint density at radius 2 is 1.88 bits per heavy atom. The van der Waals surface area contributed by atoms with Crippen LogP contribution in [-0.4, -0.2) is 50.6 Å². The topological polar surface area (TPSA) is 35.6 Å². The van der Waals surface area contributed by atoms with Crippen LogP contribution in [0.3, 0.4) is 0 Å². The summed E-state index contributed by atoms with van der Waals surface area (Å²) in [6, 6.07) is 8.74. The predicted octanol–water partition coefficient (Wildman–Crippen LogP) is 2.92. The van der Waals surface area contributed by atoms with Crippen LogP contribution in [0.4, 0.5) is 5.69 Å². The van der Waals surface area contributed by atoms with Crippen molar-refractivity contribution in [2.75, 3.05) is 38.6 Å². The number of carbonyl (C=O) groups excluding carboxylic acids is 1. The summed E-state index contributed by atoms with van der Waals surface area (Å²) in [5.41, 5.74) is 2.47. The van der Waals surface area contributed by atoms with Gasteiger partial charge in [-0.2, -0.15) is 0 Å². The maximum atomic E-state index is 12.3. The summed E-state index contributed by atoms with van der Waals surface area (Å²) >= 11 is 0. The number of hydrogen-bond donors (Lipinski definition) is 1. The lowest BCUT2D eigenvalue weighted by Gasteiger charge is -2.30. The van der Waals surface area contributed by atoms with Crippen molar-refractivity contribution in [3.05, 3.63) is 29.8 Å². The fourth-order valence-corrected chi connectivity index (χ4v) is 3.44. The highest BCUT2D eigenvalue weighted by Gasteiger charge is 2.21. The first-order chi connectivity index (χ1) is 11.5. The minimum absolute atomic E-state index is 0.179. The van der Waals surface area contributed by atoms with Gasteiger partial charge in [0, 0.05) is 32.2 Å². The Labute approximate surface area is 147 Å². The fraction of sp³-hybridized carbons (Fsp3) is 0.650. The van der Waals surface area contributed by atoms with Crippen LogP contribution in [0.15, 0.2) is 24.3 Å². The molecule has 1 unspecified atom stereocenters. The molecule has 1 amide bonds. The fourth-order valence-electron chi connectivity index (χ4n) is 3.44. The van der Waals surface area contributed by atoms with Crippen LogP contribution in [0.2, 0.25) is 0 Å². The van der Waals surface area contributed by atoms with Gasteiger partial charge in [-0.1, -0.05) is 19.1 Å². The molecule has 1 N–H and O–H groups in total. The molecular weight excluding hydrogens is 298 g/mol. The van der Waals surface area contributed by atoms with Gasteiger partial charge in [-0.3, -0.25) is 4.79 Å². The molecule has 4 nitrogen and oxygen atoms in total. The normalized spacial score (nSPS) is 17.5. The summed E-state index contributed by atoms with van der Waals surface area (Å²) in [5.74, 6) is 0.765. The summed E-state index contributed by atoms with van der Waals surface area (Å²) < 4.78 is 0. The van der Waals surface area contributed by atoms with E-state index in [9.17, 15) is 4.79 Å². The van der Waals surface area contributed by atoms with Gasteiger partial charge in [0.2, 0.25) is 5.91 Å². The Hall–Kier alpha value is -1.55. The first-order valence-corrected chi connectivity index (χ1v) is 9.26. The molecule has 4 heteroatoms. The standard InChI is InChI=1S/C20H33N3O/c1-5-23-12-10-18(11-13-23)15-20(24)21-16(2)14-17-6-8-19(9-7-17)22(3)4/h6-9,16,18H,5,10-15H2,1-4H3,(H,21,24). The van der Waals surface area contributed by atoms with Gasteiger partial charge in [0.25, 0.3) is 0 Å². The van der Waals surface area contributed by atoms with Crippen molar-refractivity contribution in [2.24, 2.45) is 5.92 Å². The summed E-state index contributed by atoms with van der Waals surface area (Å²) in [5, 5.41) is 3.18. The molecule has 134 valence electrons. The molecule has 0 aromatic heterocycles. The third kappa shape index (κ3) is 5.82. The number of carbonyl (C=O) groups is 1. The van der Waals surface area contributed by atoms with Crippen LogP contribution in [0.5, 0.6) is 0 Å². The second kappa shape index (κ2) is 9.07. The monoisotopic (exact) mass is 331 g/mol. The van der Waals surface area contributed by atoms with Crippen molar-refractivity contribution in [1.82, 2.24) is 10.2 Å². The van der Waals surface area contributed by atoms with Gasteiger partial charge in [0.15, 0.2) is 0 Å². The van der Waals surface area contributed by atoms with Crippen molar-refractivity contribution >= 4 is 11.6 Å². The molecule has 1 aromatic carbocycles. The Kier molecular flexibility index (Phi) is 7.10. The Balaban J connectivity index is 1.73. The van der Waals surface area contributed by atoms with Gasteiger partial charge in [-0.05, 0) is 69.4 Å². The molecule has 1 aliphatic heterocycles. The Bertz CT molecular complexity index is 504. The van der Waals surface area contributed by atoms with E-state index in [1.807, 2.05) is 14.1 Å². The van der Waals surface area contributed by atoms with Gasteiger partial charge in [0.1, 0.15) is 0 Å². The number of rotatable bonds is 7. The number of amides is 1. The number of nitrogens with one attached hydrogen (secondary N) is 1. The number of anilines is 1. The highest BCUT2D eigenvalue weighted by molar-refractivity contribution is 5.76. The molecule has 0 radical (unpaired) electrons. The van der Waals surface area contributed by atoms with Crippen molar-refractivity contribution in [1.29, 1.82) is 0 Å². The molecule has 0 spiro atoms. The van der Waals surface area contributed by atoms with Crippen molar-refractivity contribution < 1.29 is 4.79 Å². The van der Waals surface area contributed by atoms with E-state index in [1.54, 1.807) is 0 Å². The summed E-state index contributed by atoms with van der Waals surface area (Å²) in [4.78, 5) is 16.8. The lowest BCUT2D eigenvalue weighted by Crippen LogP contribution is -2.38. The van der Waals surface area contributed by atoms with E-state index in [1.165, 1.54) is 11.3 Å². The van der Waals surface area contributed by atoms with Gasteiger partial charge >= 0.3 is 0 Å². The third-order valence-corrected chi connectivity index (χ3v) is 5.03. The number of benzene rings is 1. The zero-order chi connectivity index (χ0) is 17.5. The van der Waals surface area contributed by atoms with Gasteiger partial charge in [-0.25, -0.2) is 0 Å². The highest BCUT2D eigenvalue weighted by atomic mass is 16.1. The molecule has 0 bridgehead atoms. The molecular formula is C20H33N3O. The molecule has 1 saturated heterocycles. The van der Waals surface area contributed by atoms with Gasteiger partial charge < -0.3 is 15.1 Å². The Morgan fingerprint density at radius 1 is 1.25 bits per heavy atom. The van der Waals surface area contributed by atoms with E-state index in [2.05, 4.69) is 53.2 Å². The highest BCUT2D eigenvalue weighted by Crippen LogP contribution is 2.20. The van der Waals surface area contributed by atoms with Crippen LogP contribution in [0.25, 0.3) is 0 Å². The molecule has 1 atom stereocenters. The third-order valence-electron chi connectivity index (χ3n) is 5.03. The smallest absolute Gasteiger partial charge is 0.220 e. The molecule has 1 fully saturated rings. The first kappa shape index (κ1) is 18.8. The van der Waals surface area contributed by atoms with Crippen molar-refractivity contribution in [3.63, 3.8) is 0 Å². The van der Waals surface area contributed by atoms with Gasteiger partial charge in [0.05, 0.1) is 0 Å². The Morgan fingerprint density at radius 3 is 2.42 bits per heavy atom. The van der Waals surface area contributed by atoms with E-state index in [0.717, 1.165) is 38.9 Å². The van der Waals surface area contributed by atoms with E-state index < -0.39 is 0 Å². The minimum atomic E-state index is 0.179. The largest absolute Gasteiger partial charge is 0.378 e. The average molecular weight is 332 g/mol. The lowest BCUT2D eigenvalue weighted by atomic mass is 9.93. The van der Waals surface area contributed by atoms with E-state index in [-0.39, 0.29) is 11.9 Å². The lowest BCUT2D eigenvalue weighted by molar-refractivity contribution is -0.122. The molecule has 1 heterocycles. The van der Waals surface area contributed by atoms with Crippen LogP contribution in [0, 0.1) is 5.92 Å². The number of nitrogens with zero attached hydrogens (tertiary/aromatic N) is 2. The predicted molar refractivity (Wildman–Crippen MR) is 102 cm³/mol. The van der Waals surface area contributed by atoms with E-state index in [4.69, 9.17) is 0 Å². The second-order valence-corrected chi connectivity index (χ2v) is 7.32. The maximum Gasteiger partial charge on any atom is 0.220 e. The quantitative estimate of drug-likeness (QED) is 0.834. The number of piperidine rings is 1. The first-order valence-electron chi connectivity index (χ1n) is 9.26. The molecule has 1 aliphatic rings. The molecule has 0 aliphatic carbocycles. The van der Waals surface area contributed by atoms with Crippen LogP contribution < -0.4 is 10.2 Å². The van der Waals surface area contributed by atoms with Gasteiger partial charge in [-0.15, -0.1) is 0 Å². The molecule has 2 rings (SSSR count). The number of likely N-dealkylation sites (tertiary alicyclic amines) is 1.